The standard InChI is InChI=1S/C16H16N2O/c1-19-16-8-4-13(5-9-16)10-11-18-15-6-2-14(12-17)3-7-15/h2-9,18H,10-11H2,1H3. The highest BCUT2D eigenvalue weighted by Crippen LogP contribution is 2.12. The average molecular weight is 252 g/mol. The molecule has 1 N–H and O–H groups in total. The van der Waals surface area contributed by atoms with Crippen molar-refractivity contribution in [3.63, 3.8) is 0 Å². The van der Waals surface area contributed by atoms with Gasteiger partial charge in [0.1, 0.15) is 5.75 Å². The van der Waals surface area contributed by atoms with Gasteiger partial charge in [-0.2, -0.15) is 5.26 Å². The van der Waals surface area contributed by atoms with Crippen molar-refractivity contribution in [2.24, 2.45) is 0 Å². The van der Waals surface area contributed by atoms with Gasteiger partial charge in [-0.1, -0.05) is 12.1 Å². The summed E-state index contributed by atoms with van der Waals surface area (Å²) in [6.45, 7) is 0.859. The third kappa shape index (κ3) is 3.75. The molecule has 0 saturated carbocycles. The van der Waals surface area contributed by atoms with E-state index in [1.165, 1.54) is 5.56 Å². The summed E-state index contributed by atoms with van der Waals surface area (Å²) in [5.41, 5.74) is 2.98. The average Bonchev–Trinajstić information content (AvgIpc) is 2.49. The van der Waals surface area contributed by atoms with Crippen molar-refractivity contribution in [3.05, 3.63) is 59.7 Å². The molecule has 0 heterocycles. The van der Waals surface area contributed by atoms with Gasteiger partial charge in [0.05, 0.1) is 18.7 Å². The molecule has 0 aromatic heterocycles. The predicted octanol–water partition coefficient (Wildman–Crippen LogP) is 3.22. The summed E-state index contributed by atoms with van der Waals surface area (Å²) in [5, 5.41) is 12.0. The summed E-state index contributed by atoms with van der Waals surface area (Å²) >= 11 is 0. The van der Waals surface area contributed by atoms with Crippen molar-refractivity contribution in [2.75, 3.05) is 19.0 Å². The van der Waals surface area contributed by atoms with Gasteiger partial charge in [-0.15, -0.1) is 0 Å². The molecule has 0 saturated heterocycles. The lowest BCUT2D eigenvalue weighted by Gasteiger charge is -2.07. The smallest absolute Gasteiger partial charge is 0.118 e. The van der Waals surface area contributed by atoms with E-state index in [1.54, 1.807) is 7.11 Å². The molecule has 2 rings (SSSR count). The fraction of sp³-hybridized carbons (Fsp3) is 0.188. The predicted molar refractivity (Wildman–Crippen MR) is 76.3 cm³/mol. The van der Waals surface area contributed by atoms with Crippen LogP contribution in [0.4, 0.5) is 5.69 Å². The molecular formula is C16H16N2O. The second-order valence-electron chi connectivity index (χ2n) is 4.21. The summed E-state index contributed by atoms with van der Waals surface area (Å²) < 4.78 is 5.12. The van der Waals surface area contributed by atoms with Crippen molar-refractivity contribution >= 4 is 5.69 Å². The Labute approximate surface area is 113 Å². The first-order chi connectivity index (χ1) is 9.31. The van der Waals surface area contributed by atoms with Crippen molar-refractivity contribution in [3.8, 4) is 11.8 Å². The van der Waals surface area contributed by atoms with Gasteiger partial charge < -0.3 is 10.1 Å². The summed E-state index contributed by atoms with van der Waals surface area (Å²) in [6.07, 6.45) is 0.948. The molecule has 2 aromatic rings. The molecule has 2 aromatic carbocycles. The Hall–Kier alpha value is -2.47. The number of methoxy groups -OCH3 is 1. The third-order valence-electron chi connectivity index (χ3n) is 2.92. The highest BCUT2D eigenvalue weighted by atomic mass is 16.5. The molecule has 0 amide bonds. The van der Waals surface area contributed by atoms with Crippen LogP contribution in [0.25, 0.3) is 0 Å². The molecule has 0 radical (unpaired) electrons. The van der Waals surface area contributed by atoms with Gasteiger partial charge in [-0.25, -0.2) is 0 Å². The van der Waals surface area contributed by atoms with E-state index in [0.29, 0.717) is 5.56 Å². The fourth-order valence-electron chi connectivity index (χ4n) is 1.81. The Morgan fingerprint density at radius 3 is 2.32 bits per heavy atom. The zero-order valence-electron chi connectivity index (χ0n) is 10.9. The van der Waals surface area contributed by atoms with E-state index >= 15 is 0 Å². The number of hydrogen-bond acceptors (Lipinski definition) is 3. The van der Waals surface area contributed by atoms with Gasteiger partial charge in [-0.3, -0.25) is 0 Å². The Kier molecular flexibility index (Phi) is 4.41. The van der Waals surface area contributed by atoms with Crippen LogP contribution >= 0.6 is 0 Å². The molecule has 0 fully saturated rings. The molecule has 19 heavy (non-hydrogen) atoms. The molecule has 0 atom stereocenters. The van der Waals surface area contributed by atoms with Crippen LogP contribution in [0.15, 0.2) is 48.5 Å². The van der Waals surface area contributed by atoms with E-state index in [9.17, 15) is 0 Å². The largest absolute Gasteiger partial charge is 0.497 e. The fourth-order valence-corrected chi connectivity index (χ4v) is 1.81. The minimum atomic E-state index is 0.681. The van der Waals surface area contributed by atoms with Crippen LogP contribution in [0.5, 0.6) is 5.75 Å². The maximum Gasteiger partial charge on any atom is 0.118 e. The minimum Gasteiger partial charge on any atom is -0.497 e. The maximum atomic E-state index is 8.72. The molecule has 0 spiro atoms. The maximum absolute atomic E-state index is 8.72. The zero-order valence-corrected chi connectivity index (χ0v) is 10.9. The molecular weight excluding hydrogens is 236 g/mol. The van der Waals surface area contributed by atoms with E-state index in [2.05, 4.69) is 23.5 Å². The summed E-state index contributed by atoms with van der Waals surface area (Å²) in [5.74, 6) is 0.879. The number of anilines is 1. The molecule has 0 aliphatic heterocycles. The number of rotatable bonds is 5. The van der Waals surface area contributed by atoms with Crippen molar-refractivity contribution < 1.29 is 4.74 Å². The quantitative estimate of drug-likeness (QED) is 0.888. The number of hydrogen-bond donors (Lipinski definition) is 1. The number of nitriles is 1. The van der Waals surface area contributed by atoms with Crippen LogP contribution in [-0.4, -0.2) is 13.7 Å². The van der Waals surface area contributed by atoms with Gasteiger partial charge in [0, 0.05) is 12.2 Å². The highest BCUT2D eigenvalue weighted by molar-refractivity contribution is 5.47. The number of nitrogens with one attached hydrogen (secondary N) is 1. The lowest BCUT2D eigenvalue weighted by molar-refractivity contribution is 0.414. The monoisotopic (exact) mass is 252 g/mol. The van der Waals surface area contributed by atoms with Crippen LogP contribution in [0, 0.1) is 11.3 Å². The van der Waals surface area contributed by atoms with E-state index < -0.39 is 0 Å². The lowest BCUT2D eigenvalue weighted by atomic mass is 10.1. The van der Waals surface area contributed by atoms with E-state index in [1.807, 2.05) is 36.4 Å². The SMILES string of the molecule is COc1ccc(CCNc2ccc(C#N)cc2)cc1. The van der Waals surface area contributed by atoms with Crippen molar-refractivity contribution in [2.45, 2.75) is 6.42 Å². The highest BCUT2D eigenvalue weighted by Gasteiger charge is 1.96. The summed E-state index contributed by atoms with van der Waals surface area (Å²) in [6, 6.07) is 17.7. The Bertz CT molecular complexity index is 553. The van der Waals surface area contributed by atoms with E-state index in [-0.39, 0.29) is 0 Å². The Balaban J connectivity index is 1.83. The van der Waals surface area contributed by atoms with Gasteiger partial charge >= 0.3 is 0 Å². The van der Waals surface area contributed by atoms with Crippen LogP contribution < -0.4 is 10.1 Å². The van der Waals surface area contributed by atoms with Crippen LogP contribution in [0.3, 0.4) is 0 Å². The van der Waals surface area contributed by atoms with Gasteiger partial charge in [0.2, 0.25) is 0 Å². The molecule has 0 bridgehead atoms. The van der Waals surface area contributed by atoms with E-state index in [0.717, 1.165) is 24.4 Å². The Morgan fingerprint density at radius 1 is 1.05 bits per heavy atom. The van der Waals surface area contributed by atoms with E-state index in [4.69, 9.17) is 10.00 Å². The topological polar surface area (TPSA) is 45.0 Å². The minimum absolute atomic E-state index is 0.681. The zero-order chi connectivity index (χ0) is 13.5. The molecule has 3 nitrogen and oxygen atoms in total. The number of nitrogens with zero attached hydrogens (tertiary/aromatic N) is 1. The van der Waals surface area contributed by atoms with Crippen molar-refractivity contribution in [1.29, 1.82) is 5.26 Å². The second-order valence-corrected chi connectivity index (χ2v) is 4.21. The first-order valence-electron chi connectivity index (χ1n) is 6.19. The van der Waals surface area contributed by atoms with Crippen LogP contribution in [-0.2, 0) is 6.42 Å². The Morgan fingerprint density at radius 2 is 1.74 bits per heavy atom. The van der Waals surface area contributed by atoms with Gasteiger partial charge in [0.25, 0.3) is 0 Å². The van der Waals surface area contributed by atoms with Crippen LogP contribution in [0.1, 0.15) is 11.1 Å². The normalized spacial score (nSPS) is 9.68. The summed E-state index contributed by atoms with van der Waals surface area (Å²) in [4.78, 5) is 0. The van der Waals surface area contributed by atoms with Crippen LogP contribution in [0.2, 0.25) is 0 Å². The second kappa shape index (κ2) is 6.46. The number of benzene rings is 2. The molecule has 0 unspecified atom stereocenters. The molecule has 96 valence electrons. The molecule has 0 aliphatic carbocycles. The number of ether oxygens (including phenoxy) is 1. The van der Waals surface area contributed by atoms with Gasteiger partial charge in [0.15, 0.2) is 0 Å². The molecule has 3 heteroatoms. The van der Waals surface area contributed by atoms with Gasteiger partial charge in [-0.05, 0) is 48.4 Å². The third-order valence-corrected chi connectivity index (χ3v) is 2.92. The first-order valence-corrected chi connectivity index (χ1v) is 6.19. The van der Waals surface area contributed by atoms with Crippen molar-refractivity contribution in [1.82, 2.24) is 0 Å². The first kappa shape index (κ1) is 13.0. The lowest BCUT2D eigenvalue weighted by Crippen LogP contribution is -2.04. The molecule has 0 aliphatic rings. The summed E-state index contributed by atoms with van der Waals surface area (Å²) in [7, 11) is 1.67.